The maximum absolute atomic E-state index is 10.8. The summed E-state index contributed by atoms with van der Waals surface area (Å²) in [4.78, 5) is 14.4. The summed E-state index contributed by atoms with van der Waals surface area (Å²) in [6.45, 7) is 0. The SMILES string of the molecule is O=C(O)c1cc2[nH]c3ccccc3c2s1. The smallest absolute Gasteiger partial charge is 0.345 e. The third kappa shape index (κ3) is 1.15. The van der Waals surface area contributed by atoms with Gasteiger partial charge in [0.15, 0.2) is 0 Å². The number of carboxylic acids is 1. The standard InChI is InChI=1S/C11H7NO2S/c13-11(14)9-5-8-10(15-9)6-3-1-2-4-7(6)12-8/h1-5,12H,(H,13,14). The Morgan fingerprint density at radius 1 is 1.27 bits per heavy atom. The van der Waals surface area contributed by atoms with Crippen LogP contribution in [0.5, 0.6) is 0 Å². The van der Waals surface area contributed by atoms with Crippen LogP contribution in [0.3, 0.4) is 0 Å². The van der Waals surface area contributed by atoms with E-state index in [0.717, 1.165) is 21.1 Å². The van der Waals surface area contributed by atoms with Crippen LogP contribution in [0.1, 0.15) is 9.67 Å². The lowest BCUT2D eigenvalue weighted by Crippen LogP contribution is -1.89. The Morgan fingerprint density at radius 2 is 2.07 bits per heavy atom. The Balaban J connectivity index is 2.42. The van der Waals surface area contributed by atoms with Gasteiger partial charge in [-0.3, -0.25) is 0 Å². The molecule has 0 atom stereocenters. The summed E-state index contributed by atoms with van der Waals surface area (Å²) >= 11 is 1.31. The van der Waals surface area contributed by atoms with Crippen LogP contribution in [0.25, 0.3) is 21.1 Å². The molecule has 3 nitrogen and oxygen atoms in total. The Bertz CT molecular complexity index is 665. The van der Waals surface area contributed by atoms with Crippen LogP contribution in [0.15, 0.2) is 30.3 Å². The predicted molar refractivity (Wildman–Crippen MR) is 60.6 cm³/mol. The van der Waals surface area contributed by atoms with Crippen molar-refractivity contribution in [3.05, 3.63) is 35.2 Å². The first-order valence-electron chi connectivity index (χ1n) is 4.49. The van der Waals surface area contributed by atoms with Gasteiger partial charge in [0.2, 0.25) is 0 Å². The second-order valence-corrected chi connectivity index (χ2v) is 4.38. The van der Waals surface area contributed by atoms with Crippen LogP contribution >= 0.6 is 11.3 Å². The summed E-state index contributed by atoms with van der Waals surface area (Å²) < 4.78 is 1.02. The molecule has 3 rings (SSSR count). The molecule has 0 aliphatic carbocycles. The normalized spacial score (nSPS) is 11.2. The summed E-state index contributed by atoms with van der Waals surface area (Å²) in [6.07, 6.45) is 0. The van der Waals surface area contributed by atoms with E-state index in [1.54, 1.807) is 6.07 Å². The number of para-hydroxylation sites is 1. The number of hydrogen-bond acceptors (Lipinski definition) is 2. The molecule has 0 saturated carbocycles. The molecule has 0 amide bonds. The number of aromatic carboxylic acids is 1. The minimum Gasteiger partial charge on any atom is -0.477 e. The Morgan fingerprint density at radius 3 is 2.87 bits per heavy atom. The predicted octanol–water partition coefficient (Wildman–Crippen LogP) is 3.08. The number of aromatic nitrogens is 1. The molecular weight excluding hydrogens is 210 g/mol. The molecular formula is C11H7NO2S. The highest BCUT2D eigenvalue weighted by atomic mass is 32.1. The van der Waals surface area contributed by atoms with Crippen LogP contribution in [0.2, 0.25) is 0 Å². The number of aromatic amines is 1. The second kappa shape index (κ2) is 2.84. The lowest BCUT2D eigenvalue weighted by atomic mass is 10.2. The van der Waals surface area contributed by atoms with E-state index in [2.05, 4.69) is 4.98 Å². The molecule has 2 N–H and O–H groups in total. The number of thiophene rings is 1. The van der Waals surface area contributed by atoms with Gasteiger partial charge in [-0.15, -0.1) is 11.3 Å². The van der Waals surface area contributed by atoms with E-state index in [-0.39, 0.29) is 0 Å². The number of hydrogen-bond donors (Lipinski definition) is 2. The molecule has 3 aromatic rings. The first-order chi connectivity index (χ1) is 7.25. The topological polar surface area (TPSA) is 53.1 Å². The number of H-pyrrole nitrogens is 1. The molecule has 2 aromatic heterocycles. The van der Waals surface area contributed by atoms with Gasteiger partial charge in [-0.2, -0.15) is 0 Å². The van der Waals surface area contributed by atoms with Gasteiger partial charge >= 0.3 is 5.97 Å². The lowest BCUT2D eigenvalue weighted by Gasteiger charge is -1.87. The van der Waals surface area contributed by atoms with E-state index in [0.29, 0.717) is 4.88 Å². The molecule has 0 radical (unpaired) electrons. The van der Waals surface area contributed by atoms with Crippen molar-refractivity contribution in [2.45, 2.75) is 0 Å². The molecule has 0 aliphatic heterocycles. The van der Waals surface area contributed by atoms with Crippen molar-refractivity contribution >= 4 is 38.4 Å². The maximum Gasteiger partial charge on any atom is 0.345 e. The molecule has 0 unspecified atom stereocenters. The Labute approximate surface area is 89.0 Å². The molecule has 0 bridgehead atoms. The van der Waals surface area contributed by atoms with Crippen molar-refractivity contribution in [1.29, 1.82) is 0 Å². The van der Waals surface area contributed by atoms with Gasteiger partial charge in [0.1, 0.15) is 4.88 Å². The molecule has 4 heteroatoms. The second-order valence-electron chi connectivity index (χ2n) is 3.33. The fraction of sp³-hybridized carbons (Fsp3) is 0. The molecule has 0 saturated heterocycles. The first-order valence-corrected chi connectivity index (χ1v) is 5.31. The van der Waals surface area contributed by atoms with E-state index in [1.807, 2.05) is 24.3 Å². The van der Waals surface area contributed by atoms with Crippen molar-refractivity contribution < 1.29 is 9.90 Å². The van der Waals surface area contributed by atoms with Gasteiger partial charge in [0, 0.05) is 10.9 Å². The number of benzene rings is 1. The van der Waals surface area contributed by atoms with Crippen LogP contribution < -0.4 is 0 Å². The zero-order chi connectivity index (χ0) is 10.4. The minimum atomic E-state index is -0.867. The zero-order valence-electron chi connectivity index (χ0n) is 7.65. The largest absolute Gasteiger partial charge is 0.477 e. The molecule has 1 aromatic carbocycles. The zero-order valence-corrected chi connectivity index (χ0v) is 8.47. The number of carbonyl (C=O) groups is 1. The van der Waals surface area contributed by atoms with Crippen molar-refractivity contribution in [1.82, 2.24) is 4.98 Å². The minimum absolute atomic E-state index is 0.377. The highest BCUT2D eigenvalue weighted by molar-refractivity contribution is 7.21. The van der Waals surface area contributed by atoms with Crippen LogP contribution in [0, 0.1) is 0 Å². The third-order valence-electron chi connectivity index (χ3n) is 2.38. The van der Waals surface area contributed by atoms with Crippen LogP contribution in [-0.4, -0.2) is 16.1 Å². The third-order valence-corrected chi connectivity index (χ3v) is 3.54. The Hall–Kier alpha value is -1.81. The van der Waals surface area contributed by atoms with Crippen molar-refractivity contribution in [2.75, 3.05) is 0 Å². The fourth-order valence-electron chi connectivity index (χ4n) is 1.72. The highest BCUT2D eigenvalue weighted by Gasteiger charge is 2.12. The van der Waals surface area contributed by atoms with Gasteiger partial charge in [0.05, 0.1) is 10.2 Å². The van der Waals surface area contributed by atoms with Crippen molar-refractivity contribution in [3.63, 3.8) is 0 Å². The molecule has 0 spiro atoms. The van der Waals surface area contributed by atoms with E-state index >= 15 is 0 Å². The molecule has 2 heterocycles. The van der Waals surface area contributed by atoms with Gasteiger partial charge in [-0.25, -0.2) is 4.79 Å². The summed E-state index contributed by atoms with van der Waals surface area (Å²) in [5.41, 5.74) is 1.95. The number of nitrogens with one attached hydrogen (secondary N) is 1. The summed E-state index contributed by atoms with van der Waals surface area (Å²) in [5, 5.41) is 9.96. The van der Waals surface area contributed by atoms with E-state index in [1.165, 1.54) is 11.3 Å². The summed E-state index contributed by atoms with van der Waals surface area (Å²) in [5.74, 6) is -0.867. The number of fused-ring (bicyclic) bond motifs is 3. The van der Waals surface area contributed by atoms with Gasteiger partial charge in [0.25, 0.3) is 0 Å². The lowest BCUT2D eigenvalue weighted by molar-refractivity contribution is 0.0702. The van der Waals surface area contributed by atoms with Crippen LogP contribution in [-0.2, 0) is 0 Å². The number of carboxylic acid groups (broad SMARTS) is 1. The van der Waals surface area contributed by atoms with Crippen LogP contribution in [0.4, 0.5) is 0 Å². The monoisotopic (exact) mass is 217 g/mol. The highest BCUT2D eigenvalue weighted by Crippen LogP contribution is 2.32. The maximum atomic E-state index is 10.8. The van der Waals surface area contributed by atoms with Gasteiger partial charge in [-0.1, -0.05) is 18.2 Å². The molecule has 0 fully saturated rings. The van der Waals surface area contributed by atoms with E-state index in [4.69, 9.17) is 5.11 Å². The van der Waals surface area contributed by atoms with Gasteiger partial charge < -0.3 is 10.1 Å². The average molecular weight is 217 g/mol. The average Bonchev–Trinajstić information content (AvgIpc) is 2.73. The van der Waals surface area contributed by atoms with Crippen molar-refractivity contribution in [2.24, 2.45) is 0 Å². The molecule has 0 aliphatic rings. The summed E-state index contributed by atoms with van der Waals surface area (Å²) in [7, 11) is 0. The van der Waals surface area contributed by atoms with Crippen molar-refractivity contribution in [3.8, 4) is 0 Å². The fourth-order valence-corrected chi connectivity index (χ4v) is 2.72. The van der Waals surface area contributed by atoms with Gasteiger partial charge in [-0.05, 0) is 12.1 Å². The first kappa shape index (κ1) is 8.49. The quantitative estimate of drug-likeness (QED) is 0.658. The Kier molecular flexibility index (Phi) is 1.61. The summed E-state index contributed by atoms with van der Waals surface area (Å²) in [6, 6.07) is 9.58. The number of rotatable bonds is 1. The molecule has 74 valence electrons. The van der Waals surface area contributed by atoms with E-state index in [9.17, 15) is 4.79 Å². The molecule has 15 heavy (non-hydrogen) atoms. The van der Waals surface area contributed by atoms with E-state index < -0.39 is 5.97 Å².